The van der Waals surface area contributed by atoms with Crippen molar-refractivity contribution in [3.8, 4) is 33.9 Å². The molecule has 0 amide bonds. The van der Waals surface area contributed by atoms with Crippen molar-refractivity contribution in [1.82, 2.24) is 14.1 Å². The Labute approximate surface area is 336 Å². The number of fused-ring (bicyclic) bond motifs is 14. The lowest BCUT2D eigenvalue weighted by atomic mass is 10.1. The van der Waals surface area contributed by atoms with Gasteiger partial charge in [0.2, 0.25) is 0 Å². The fourth-order valence-electron chi connectivity index (χ4n) is 9.39. The first-order chi connectivity index (χ1) is 28.8. The fourth-order valence-corrected chi connectivity index (χ4v) is 10.7. The van der Waals surface area contributed by atoms with Crippen LogP contribution in [0.3, 0.4) is 0 Å². The number of hydrogen-bond acceptors (Lipinski definition) is 3. The molecule has 0 saturated heterocycles. The van der Waals surface area contributed by atoms with E-state index in [2.05, 4.69) is 191 Å². The molecule has 5 aromatic heterocycles. The van der Waals surface area contributed by atoms with E-state index in [1.165, 1.54) is 47.4 Å². The Morgan fingerprint density at radius 1 is 0.397 bits per heavy atom. The van der Waals surface area contributed by atoms with Gasteiger partial charge in [-0.1, -0.05) is 109 Å². The van der Waals surface area contributed by atoms with Crippen LogP contribution in [-0.4, -0.2) is 14.1 Å². The van der Waals surface area contributed by atoms with Crippen LogP contribution in [0.1, 0.15) is 0 Å². The molecule has 5 heterocycles. The Balaban J connectivity index is 0.933. The number of pyridine rings is 1. The second kappa shape index (κ2) is 12.0. The molecular formula is C53H31N3OS. The Morgan fingerprint density at radius 2 is 0.948 bits per heavy atom. The van der Waals surface area contributed by atoms with Gasteiger partial charge < -0.3 is 13.6 Å². The lowest BCUT2D eigenvalue weighted by Gasteiger charge is -2.12. The predicted molar refractivity (Wildman–Crippen MR) is 244 cm³/mol. The number of nitrogens with zero attached hydrogens (tertiary/aromatic N) is 3. The highest BCUT2D eigenvalue weighted by molar-refractivity contribution is 7.26. The monoisotopic (exact) mass is 757 g/mol. The summed E-state index contributed by atoms with van der Waals surface area (Å²) in [4.78, 5) is 5.31. The van der Waals surface area contributed by atoms with E-state index >= 15 is 0 Å². The van der Waals surface area contributed by atoms with Gasteiger partial charge >= 0.3 is 0 Å². The molecule has 0 atom stereocenters. The fraction of sp³-hybridized carbons (Fsp3) is 0. The minimum atomic E-state index is 0.906. The van der Waals surface area contributed by atoms with Gasteiger partial charge in [-0.25, -0.2) is 4.98 Å². The molecule has 58 heavy (non-hydrogen) atoms. The van der Waals surface area contributed by atoms with Crippen LogP contribution in [0.5, 0.6) is 0 Å². The molecule has 0 aliphatic rings. The molecule has 0 radical (unpaired) electrons. The molecule has 5 heteroatoms. The first-order valence-corrected chi connectivity index (χ1v) is 20.4. The van der Waals surface area contributed by atoms with Gasteiger partial charge in [0.1, 0.15) is 11.2 Å². The highest BCUT2D eigenvalue weighted by Crippen LogP contribution is 2.44. The Bertz CT molecular complexity index is 3580. The minimum absolute atomic E-state index is 0.906. The van der Waals surface area contributed by atoms with E-state index < -0.39 is 0 Å². The molecule has 13 rings (SSSR count). The van der Waals surface area contributed by atoms with Crippen molar-refractivity contribution < 1.29 is 4.42 Å². The topological polar surface area (TPSA) is 35.9 Å². The molecule has 4 nitrogen and oxygen atoms in total. The first kappa shape index (κ1) is 31.7. The molecule has 0 N–H and O–H groups in total. The summed E-state index contributed by atoms with van der Waals surface area (Å²) >= 11 is 1.89. The minimum Gasteiger partial charge on any atom is -0.455 e. The number of rotatable bonds is 4. The molecule has 8 aromatic carbocycles. The zero-order chi connectivity index (χ0) is 37.9. The van der Waals surface area contributed by atoms with Crippen LogP contribution in [0.25, 0.3) is 120 Å². The Hall–Kier alpha value is -7.47. The lowest BCUT2D eigenvalue weighted by Crippen LogP contribution is -1.96. The summed E-state index contributed by atoms with van der Waals surface area (Å²) in [6.45, 7) is 0. The summed E-state index contributed by atoms with van der Waals surface area (Å²) in [7, 11) is 0. The van der Waals surface area contributed by atoms with Gasteiger partial charge in [-0.05, 0) is 78.9 Å². The summed E-state index contributed by atoms with van der Waals surface area (Å²) in [6, 6.07) is 67.4. The van der Waals surface area contributed by atoms with Crippen LogP contribution >= 0.6 is 11.3 Å². The third kappa shape index (κ3) is 4.47. The maximum Gasteiger partial charge on any atom is 0.145 e. The van der Waals surface area contributed by atoms with Crippen LogP contribution in [0, 0.1) is 0 Å². The predicted octanol–water partition coefficient (Wildman–Crippen LogP) is 14.9. The van der Waals surface area contributed by atoms with Gasteiger partial charge in [-0.15, -0.1) is 11.3 Å². The Morgan fingerprint density at radius 3 is 1.66 bits per heavy atom. The van der Waals surface area contributed by atoms with Crippen LogP contribution < -0.4 is 0 Å². The number of furan rings is 1. The molecule has 13 aromatic rings. The van der Waals surface area contributed by atoms with Crippen molar-refractivity contribution in [2.24, 2.45) is 0 Å². The number of benzene rings is 8. The van der Waals surface area contributed by atoms with Crippen molar-refractivity contribution in [2.45, 2.75) is 0 Å². The van der Waals surface area contributed by atoms with Crippen LogP contribution in [-0.2, 0) is 0 Å². The quantitative estimate of drug-likeness (QED) is 0.179. The average molecular weight is 758 g/mol. The Kier molecular flexibility index (Phi) is 6.57. The SMILES string of the molecule is c1cc(-c2cccc(-c3cccc(-n4c5ccccc5c5c6sc7ccccc7c6ccc54)c3)n2)cc(-n2c3ccccc3c3c4oc5ccccc5c4ccc32)c1. The van der Waals surface area contributed by atoms with Crippen LogP contribution in [0.4, 0.5) is 0 Å². The van der Waals surface area contributed by atoms with Crippen molar-refractivity contribution >= 4 is 97.1 Å². The highest BCUT2D eigenvalue weighted by atomic mass is 32.1. The molecular weight excluding hydrogens is 727 g/mol. The second-order valence-corrected chi connectivity index (χ2v) is 16.1. The van der Waals surface area contributed by atoms with E-state index in [1.807, 2.05) is 17.4 Å². The molecule has 0 aliphatic carbocycles. The number of para-hydroxylation sites is 3. The van der Waals surface area contributed by atoms with Gasteiger partial charge in [0.05, 0.1) is 38.8 Å². The lowest BCUT2D eigenvalue weighted by molar-refractivity contribution is 0.673. The summed E-state index contributed by atoms with van der Waals surface area (Å²) in [5.74, 6) is 0. The maximum absolute atomic E-state index is 6.55. The smallest absolute Gasteiger partial charge is 0.145 e. The highest BCUT2D eigenvalue weighted by Gasteiger charge is 2.20. The number of thiophene rings is 1. The molecule has 0 bridgehead atoms. The third-order valence-electron chi connectivity index (χ3n) is 11.9. The van der Waals surface area contributed by atoms with Gasteiger partial charge in [0.15, 0.2) is 0 Å². The summed E-state index contributed by atoms with van der Waals surface area (Å²) in [6.07, 6.45) is 0. The standard InChI is InChI=1S/C53H31N3OS/c1-5-22-44-40(18-1)50-46(28-26-38-36-16-3-7-24-48(36)57-52(38)50)55(44)34-14-9-12-32(30-34)42-20-11-21-43(54-42)33-13-10-15-35(31-33)56-45-23-6-2-19-41(45)51-47(56)29-27-39-37-17-4-8-25-49(37)58-53(39)51/h1-31H. The largest absolute Gasteiger partial charge is 0.455 e. The van der Waals surface area contributed by atoms with E-state index in [1.54, 1.807) is 0 Å². The van der Waals surface area contributed by atoms with Gasteiger partial charge in [-0.2, -0.15) is 0 Å². The van der Waals surface area contributed by atoms with Crippen molar-refractivity contribution in [3.05, 3.63) is 188 Å². The maximum atomic E-state index is 6.55. The summed E-state index contributed by atoms with van der Waals surface area (Å²) in [5, 5.41) is 9.79. The normalized spacial score (nSPS) is 12.1. The van der Waals surface area contributed by atoms with Gasteiger partial charge in [0, 0.05) is 69.6 Å². The average Bonchev–Trinajstić information content (AvgIpc) is 4.04. The zero-order valence-corrected chi connectivity index (χ0v) is 31.9. The third-order valence-corrected chi connectivity index (χ3v) is 13.1. The van der Waals surface area contributed by atoms with Crippen molar-refractivity contribution in [2.75, 3.05) is 0 Å². The van der Waals surface area contributed by atoms with Crippen LogP contribution in [0.2, 0.25) is 0 Å². The van der Waals surface area contributed by atoms with E-state index in [9.17, 15) is 0 Å². The van der Waals surface area contributed by atoms with Crippen LogP contribution in [0.15, 0.2) is 192 Å². The molecule has 0 fully saturated rings. The molecule has 0 aliphatic heterocycles. The molecule has 270 valence electrons. The van der Waals surface area contributed by atoms with E-state index in [0.717, 1.165) is 72.2 Å². The summed E-state index contributed by atoms with van der Waals surface area (Å²) in [5.41, 5.74) is 12.7. The number of hydrogen-bond donors (Lipinski definition) is 0. The van der Waals surface area contributed by atoms with Gasteiger partial charge in [-0.3, -0.25) is 0 Å². The molecule has 0 saturated carbocycles. The summed E-state index contributed by atoms with van der Waals surface area (Å²) < 4.78 is 14.0. The first-order valence-electron chi connectivity index (χ1n) is 19.6. The zero-order valence-electron chi connectivity index (χ0n) is 31.1. The van der Waals surface area contributed by atoms with E-state index in [0.29, 0.717) is 0 Å². The molecule has 0 unspecified atom stereocenters. The molecule has 0 spiro atoms. The van der Waals surface area contributed by atoms with Gasteiger partial charge in [0.25, 0.3) is 0 Å². The van der Waals surface area contributed by atoms with E-state index in [4.69, 9.17) is 9.40 Å². The van der Waals surface area contributed by atoms with Crippen molar-refractivity contribution in [1.29, 1.82) is 0 Å². The number of aromatic nitrogens is 3. The second-order valence-electron chi connectivity index (χ2n) is 15.1. The van der Waals surface area contributed by atoms with Crippen molar-refractivity contribution in [3.63, 3.8) is 0 Å². The van der Waals surface area contributed by atoms with E-state index in [-0.39, 0.29) is 0 Å².